The van der Waals surface area contributed by atoms with E-state index in [9.17, 15) is 14.4 Å². The highest BCUT2D eigenvalue weighted by Crippen LogP contribution is 2.47. The van der Waals surface area contributed by atoms with Crippen molar-refractivity contribution in [2.24, 2.45) is 17.8 Å². The van der Waals surface area contributed by atoms with Crippen LogP contribution < -0.4 is 10.6 Å². The predicted molar refractivity (Wildman–Crippen MR) is 144 cm³/mol. The molecular formula is C27H50N2O8. The summed E-state index contributed by atoms with van der Waals surface area (Å²) in [5.74, 6) is 1.94. The maximum Gasteiger partial charge on any atom is 0.407 e. The Balaban J connectivity index is 0. The standard InChI is InChI=1S/C16H25NO4.C11H21NO4.2H2/c1-2-15(18)20-7-3-4-8-21-16(19)17-11-14-10-12-5-6-13(14)9-12;1-3-7-14-10-15-8-5-6-9-16-11(13)12-4-2;;/h2,12-14H,1,3-11H2,(H,17,19);3H,1,4-10H2,2H3,(H,12,13);2*1H. The van der Waals surface area contributed by atoms with E-state index in [-0.39, 0.29) is 21.8 Å². The molecule has 0 saturated heterocycles. The fraction of sp³-hybridized carbons (Fsp3) is 0.741. The maximum absolute atomic E-state index is 11.6. The van der Waals surface area contributed by atoms with E-state index in [0.717, 1.165) is 37.3 Å². The third-order valence-electron chi connectivity index (χ3n) is 6.22. The highest BCUT2D eigenvalue weighted by Gasteiger charge is 2.39. The van der Waals surface area contributed by atoms with Gasteiger partial charge in [0.2, 0.25) is 0 Å². The van der Waals surface area contributed by atoms with E-state index in [1.54, 1.807) is 6.08 Å². The zero-order valence-corrected chi connectivity index (χ0v) is 22.4. The minimum absolute atomic E-state index is 0. The number of hydrogen-bond donors (Lipinski definition) is 2. The summed E-state index contributed by atoms with van der Waals surface area (Å²) in [6, 6.07) is 0. The van der Waals surface area contributed by atoms with E-state index in [0.29, 0.717) is 58.3 Å². The normalized spacial score (nSPS) is 19.2. The summed E-state index contributed by atoms with van der Waals surface area (Å²) in [5, 5.41) is 5.42. The van der Waals surface area contributed by atoms with Gasteiger partial charge in [0.15, 0.2) is 0 Å². The van der Waals surface area contributed by atoms with Crippen LogP contribution in [0.5, 0.6) is 0 Å². The number of carbonyl (C=O) groups is 3. The van der Waals surface area contributed by atoms with Gasteiger partial charge in [-0.25, -0.2) is 14.4 Å². The number of amides is 2. The number of rotatable bonds is 18. The quantitative estimate of drug-likeness (QED) is 0.0645. The van der Waals surface area contributed by atoms with Crippen molar-refractivity contribution in [3.8, 4) is 0 Å². The van der Waals surface area contributed by atoms with Crippen LogP contribution in [0, 0.1) is 17.8 Å². The van der Waals surface area contributed by atoms with Crippen LogP contribution in [0.1, 0.15) is 61.1 Å². The van der Waals surface area contributed by atoms with Crippen molar-refractivity contribution < 1.29 is 40.9 Å². The molecule has 2 aliphatic rings. The van der Waals surface area contributed by atoms with Crippen molar-refractivity contribution in [3.63, 3.8) is 0 Å². The first-order chi connectivity index (χ1) is 18.0. The number of unbranched alkanes of at least 4 members (excludes halogenated alkanes) is 2. The van der Waals surface area contributed by atoms with E-state index in [1.165, 1.54) is 25.7 Å². The molecule has 0 aromatic rings. The Morgan fingerprint density at radius 2 is 1.51 bits per heavy atom. The first-order valence-corrected chi connectivity index (χ1v) is 13.4. The number of esters is 1. The molecule has 216 valence electrons. The molecule has 2 rings (SSSR count). The number of ether oxygens (including phenoxy) is 5. The van der Waals surface area contributed by atoms with Crippen molar-refractivity contribution in [2.75, 3.05) is 52.9 Å². The first kappa shape index (κ1) is 32.4. The van der Waals surface area contributed by atoms with E-state index in [1.807, 2.05) is 6.92 Å². The Bertz CT molecular complexity index is 684. The van der Waals surface area contributed by atoms with Crippen molar-refractivity contribution >= 4 is 18.2 Å². The fourth-order valence-electron chi connectivity index (χ4n) is 4.41. The first-order valence-electron chi connectivity index (χ1n) is 13.4. The zero-order valence-electron chi connectivity index (χ0n) is 22.4. The number of carbonyl (C=O) groups excluding carboxylic acids is 3. The average molecular weight is 531 g/mol. The second-order valence-electron chi connectivity index (χ2n) is 9.09. The van der Waals surface area contributed by atoms with Gasteiger partial charge in [0.05, 0.1) is 26.4 Å². The van der Waals surface area contributed by atoms with Gasteiger partial charge >= 0.3 is 18.2 Å². The molecule has 2 aliphatic carbocycles. The summed E-state index contributed by atoms with van der Waals surface area (Å²) in [6.45, 7) is 12.5. The van der Waals surface area contributed by atoms with Crippen LogP contribution in [-0.4, -0.2) is 71.1 Å². The van der Waals surface area contributed by atoms with Gasteiger partial charge in [0, 0.05) is 28.6 Å². The van der Waals surface area contributed by atoms with Gasteiger partial charge < -0.3 is 34.3 Å². The third kappa shape index (κ3) is 16.7. The summed E-state index contributed by atoms with van der Waals surface area (Å²) in [4.78, 5) is 33.2. The molecule has 0 aliphatic heterocycles. The van der Waals surface area contributed by atoms with Crippen LogP contribution in [0.25, 0.3) is 0 Å². The Kier molecular flexibility index (Phi) is 18.8. The van der Waals surface area contributed by atoms with Gasteiger partial charge in [0.1, 0.15) is 6.79 Å². The predicted octanol–water partition coefficient (Wildman–Crippen LogP) is 4.84. The number of fused-ring (bicyclic) bond motifs is 2. The van der Waals surface area contributed by atoms with Crippen molar-refractivity contribution in [1.29, 1.82) is 0 Å². The molecule has 37 heavy (non-hydrogen) atoms. The molecule has 2 amide bonds. The van der Waals surface area contributed by atoms with Crippen molar-refractivity contribution in [3.05, 3.63) is 25.3 Å². The molecule has 2 N–H and O–H groups in total. The highest BCUT2D eigenvalue weighted by atomic mass is 16.7. The van der Waals surface area contributed by atoms with E-state index >= 15 is 0 Å². The van der Waals surface area contributed by atoms with Crippen molar-refractivity contribution in [2.45, 2.75) is 58.3 Å². The van der Waals surface area contributed by atoms with E-state index < -0.39 is 5.97 Å². The van der Waals surface area contributed by atoms with Gasteiger partial charge in [-0.15, -0.1) is 6.58 Å². The number of hydrogen-bond acceptors (Lipinski definition) is 8. The van der Waals surface area contributed by atoms with Crippen LogP contribution in [-0.2, 0) is 28.5 Å². The van der Waals surface area contributed by atoms with Crippen LogP contribution >= 0.6 is 0 Å². The zero-order chi connectivity index (χ0) is 27.1. The van der Waals surface area contributed by atoms with Crippen LogP contribution in [0.15, 0.2) is 25.3 Å². The van der Waals surface area contributed by atoms with Gasteiger partial charge in [-0.1, -0.05) is 19.1 Å². The minimum atomic E-state index is -0.417. The Morgan fingerprint density at radius 3 is 2.08 bits per heavy atom. The molecule has 0 heterocycles. The fourth-order valence-corrected chi connectivity index (χ4v) is 4.41. The molecule has 2 bridgehead atoms. The highest BCUT2D eigenvalue weighted by molar-refractivity contribution is 5.81. The average Bonchev–Trinajstić information content (AvgIpc) is 3.52. The topological polar surface area (TPSA) is 121 Å². The Labute approximate surface area is 224 Å². The minimum Gasteiger partial charge on any atom is -0.463 e. The lowest BCUT2D eigenvalue weighted by molar-refractivity contribution is -0.137. The summed E-state index contributed by atoms with van der Waals surface area (Å²) >= 11 is 0. The van der Waals surface area contributed by atoms with Gasteiger partial charge in [-0.2, -0.15) is 0 Å². The van der Waals surface area contributed by atoms with E-state index in [4.69, 9.17) is 23.7 Å². The molecule has 0 radical (unpaired) electrons. The molecule has 2 saturated carbocycles. The third-order valence-corrected chi connectivity index (χ3v) is 6.22. The van der Waals surface area contributed by atoms with Crippen molar-refractivity contribution in [1.82, 2.24) is 10.6 Å². The summed E-state index contributed by atoms with van der Waals surface area (Å²) in [5.41, 5.74) is 0. The summed E-state index contributed by atoms with van der Waals surface area (Å²) in [6.07, 6.45) is 10.4. The lowest BCUT2D eigenvalue weighted by atomic mass is 9.89. The van der Waals surface area contributed by atoms with Gasteiger partial charge in [0.25, 0.3) is 0 Å². The molecule has 0 aromatic heterocycles. The molecular weight excluding hydrogens is 480 g/mol. The number of nitrogens with one attached hydrogen (secondary N) is 2. The second-order valence-corrected chi connectivity index (χ2v) is 9.09. The lowest BCUT2D eigenvalue weighted by Gasteiger charge is -2.21. The van der Waals surface area contributed by atoms with Crippen LogP contribution in [0.3, 0.4) is 0 Å². The van der Waals surface area contributed by atoms with Crippen LogP contribution in [0.2, 0.25) is 0 Å². The van der Waals surface area contributed by atoms with Crippen LogP contribution in [0.4, 0.5) is 9.59 Å². The van der Waals surface area contributed by atoms with Gasteiger partial charge in [-0.3, -0.25) is 0 Å². The molecule has 0 spiro atoms. The monoisotopic (exact) mass is 530 g/mol. The van der Waals surface area contributed by atoms with E-state index in [2.05, 4.69) is 23.8 Å². The second kappa shape index (κ2) is 21.5. The largest absolute Gasteiger partial charge is 0.463 e. The molecule has 2 fully saturated rings. The molecule has 3 atom stereocenters. The summed E-state index contributed by atoms with van der Waals surface area (Å²) < 4.78 is 25.0. The molecule has 0 aromatic carbocycles. The molecule has 10 heteroatoms. The summed E-state index contributed by atoms with van der Waals surface area (Å²) in [7, 11) is 0. The Hall–Kier alpha value is -2.59. The maximum atomic E-state index is 11.6. The van der Waals surface area contributed by atoms with Gasteiger partial charge in [-0.05, 0) is 69.6 Å². The number of alkyl carbamates (subject to hydrolysis) is 2. The Morgan fingerprint density at radius 1 is 0.865 bits per heavy atom. The molecule has 3 unspecified atom stereocenters. The lowest BCUT2D eigenvalue weighted by Crippen LogP contribution is -2.32. The molecule has 10 nitrogen and oxygen atoms in total. The smallest absolute Gasteiger partial charge is 0.407 e. The SMILES string of the molecule is C=CC(=O)OCCCCOC(=O)NCC1CC2CCC1C2.C=CCOCOCCCCOC(=O)NCC.[HH].[HH].